The Labute approximate surface area is 147 Å². The van der Waals surface area contributed by atoms with Crippen molar-refractivity contribution in [3.05, 3.63) is 42.4 Å². The topological polar surface area (TPSA) is 80.0 Å². The number of nitrogens with one attached hydrogen (secondary N) is 1. The number of para-hydroxylation sites is 1. The molecule has 1 fully saturated rings. The number of nitrogens with zero attached hydrogens (tertiary/aromatic N) is 4. The van der Waals surface area contributed by atoms with Gasteiger partial charge in [0.15, 0.2) is 11.6 Å². The van der Waals surface area contributed by atoms with Crippen molar-refractivity contribution in [2.45, 2.75) is 26.2 Å². The number of benzene rings is 1. The average Bonchev–Trinajstić information content (AvgIpc) is 2.64. The lowest BCUT2D eigenvalue weighted by Gasteiger charge is -2.29. The lowest BCUT2D eigenvalue weighted by Crippen LogP contribution is -2.31. The van der Waals surface area contributed by atoms with Crippen molar-refractivity contribution in [2.24, 2.45) is 0 Å². The molecule has 2 aromatic heterocycles. The van der Waals surface area contributed by atoms with Gasteiger partial charge in [-0.05, 0) is 38.3 Å². The monoisotopic (exact) mass is 334 g/mol. The Bertz CT molecular complexity index is 902. The lowest BCUT2D eigenvalue weighted by molar-refractivity contribution is 0.574. The van der Waals surface area contributed by atoms with Crippen molar-refractivity contribution >= 4 is 33.9 Å². The van der Waals surface area contributed by atoms with Gasteiger partial charge in [-0.25, -0.2) is 9.97 Å². The van der Waals surface area contributed by atoms with Gasteiger partial charge in [-0.3, -0.25) is 4.98 Å². The summed E-state index contributed by atoms with van der Waals surface area (Å²) in [5, 5.41) is 4.44. The number of hydrogen-bond acceptors (Lipinski definition) is 6. The standard InChI is InChI=1S/C19H22N6/c1-13-8-9-14-6-5-7-15(17(14)23-13)24-18-16(20)19(22-12-21-18)25-10-3-2-4-11-25/h5-9,12H,2-4,10-11,20H2,1H3,(H,21,22,24). The molecule has 0 aliphatic carbocycles. The van der Waals surface area contributed by atoms with Crippen LogP contribution in [0.3, 0.4) is 0 Å². The number of rotatable bonds is 3. The number of fused-ring (bicyclic) bond motifs is 1. The van der Waals surface area contributed by atoms with Gasteiger partial charge in [-0.2, -0.15) is 0 Å². The third-order valence-corrected chi connectivity index (χ3v) is 4.63. The quantitative estimate of drug-likeness (QED) is 0.761. The van der Waals surface area contributed by atoms with E-state index >= 15 is 0 Å². The fraction of sp³-hybridized carbons (Fsp3) is 0.316. The zero-order valence-electron chi connectivity index (χ0n) is 14.4. The van der Waals surface area contributed by atoms with Crippen LogP contribution in [-0.2, 0) is 0 Å². The Balaban J connectivity index is 1.71. The predicted octanol–water partition coefficient (Wildman–Crippen LogP) is 3.65. The number of anilines is 4. The summed E-state index contributed by atoms with van der Waals surface area (Å²) in [7, 11) is 0. The molecule has 6 nitrogen and oxygen atoms in total. The van der Waals surface area contributed by atoms with Gasteiger partial charge >= 0.3 is 0 Å². The number of pyridine rings is 1. The van der Waals surface area contributed by atoms with Crippen LogP contribution in [-0.4, -0.2) is 28.0 Å². The van der Waals surface area contributed by atoms with E-state index in [1.165, 1.54) is 19.3 Å². The molecule has 0 radical (unpaired) electrons. The maximum atomic E-state index is 6.39. The van der Waals surface area contributed by atoms with Gasteiger partial charge in [0.2, 0.25) is 0 Å². The molecule has 0 spiro atoms. The molecule has 1 aromatic carbocycles. The number of nitrogen functional groups attached to an aromatic ring is 1. The van der Waals surface area contributed by atoms with E-state index in [0.717, 1.165) is 41.2 Å². The number of piperidine rings is 1. The Morgan fingerprint density at radius 1 is 1.04 bits per heavy atom. The van der Waals surface area contributed by atoms with Crippen LogP contribution in [0.4, 0.5) is 23.0 Å². The van der Waals surface area contributed by atoms with Crippen LogP contribution in [0, 0.1) is 6.92 Å². The van der Waals surface area contributed by atoms with E-state index in [2.05, 4.69) is 37.3 Å². The first-order valence-corrected chi connectivity index (χ1v) is 8.71. The highest BCUT2D eigenvalue weighted by molar-refractivity contribution is 5.93. The highest BCUT2D eigenvalue weighted by atomic mass is 15.2. The normalized spacial score (nSPS) is 14.7. The van der Waals surface area contributed by atoms with Gasteiger partial charge in [-0.1, -0.05) is 18.2 Å². The van der Waals surface area contributed by atoms with Crippen LogP contribution >= 0.6 is 0 Å². The Hall–Kier alpha value is -2.89. The molecule has 3 N–H and O–H groups in total. The average molecular weight is 334 g/mol. The molecule has 6 heteroatoms. The minimum absolute atomic E-state index is 0.592. The van der Waals surface area contributed by atoms with Crippen molar-refractivity contribution in [3.63, 3.8) is 0 Å². The van der Waals surface area contributed by atoms with Gasteiger partial charge in [0, 0.05) is 24.2 Å². The van der Waals surface area contributed by atoms with Gasteiger partial charge in [0.05, 0.1) is 11.2 Å². The highest BCUT2D eigenvalue weighted by Crippen LogP contribution is 2.32. The summed E-state index contributed by atoms with van der Waals surface area (Å²) in [6.07, 6.45) is 5.21. The van der Waals surface area contributed by atoms with Crippen LogP contribution in [0.15, 0.2) is 36.7 Å². The first-order chi connectivity index (χ1) is 12.2. The predicted molar refractivity (Wildman–Crippen MR) is 102 cm³/mol. The van der Waals surface area contributed by atoms with Crippen LogP contribution < -0.4 is 16.0 Å². The molecule has 0 unspecified atom stereocenters. The molecular weight excluding hydrogens is 312 g/mol. The zero-order valence-corrected chi connectivity index (χ0v) is 14.4. The molecule has 0 saturated carbocycles. The van der Waals surface area contributed by atoms with Gasteiger partial charge < -0.3 is 16.0 Å². The lowest BCUT2D eigenvalue weighted by atomic mass is 10.1. The van der Waals surface area contributed by atoms with Gasteiger partial charge in [-0.15, -0.1) is 0 Å². The molecular formula is C19H22N6. The summed E-state index contributed by atoms with van der Waals surface area (Å²) >= 11 is 0. The third kappa shape index (κ3) is 3.07. The minimum atomic E-state index is 0.592. The molecule has 1 aliphatic heterocycles. The van der Waals surface area contributed by atoms with Gasteiger partial charge in [0.25, 0.3) is 0 Å². The first kappa shape index (κ1) is 15.6. The van der Waals surface area contributed by atoms with Crippen molar-refractivity contribution in [1.82, 2.24) is 15.0 Å². The molecule has 3 heterocycles. The highest BCUT2D eigenvalue weighted by Gasteiger charge is 2.18. The second-order valence-electron chi connectivity index (χ2n) is 6.46. The van der Waals surface area contributed by atoms with Gasteiger partial charge in [0.1, 0.15) is 12.0 Å². The SMILES string of the molecule is Cc1ccc2cccc(Nc3ncnc(N4CCCCC4)c3N)c2n1. The van der Waals surface area contributed by atoms with Crippen molar-refractivity contribution in [1.29, 1.82) is 0 Å². The van der Waals surface area contributed by atoms with E-state index in [0.29, 0.717) is 11.5 Å². The summed E-state index contributed by atoms with van der Waals surface area (Å²) in [5.41, 5.74) is 9.77. The second-order valence-corrected chi connectivity index (χ2v) is 6.46. The molecule has 25 heavy (non-hydrogen) atoms. The smallest absolute Gasteiger partial charge is 0.159 e. The number of aryl methyl sites for hydroxylation is 1. The van der Waals surface area contributed by atoms with E-state index in [1.54, 1.807) is 6.33 Å². The number of nitrogens with two attached hydrogens (primary N) is 1. The molecule has 4 rings (SSSR count). The Kier molecular flexibility index (Phi) is 4.09. The van der Waals surface area contributed by atoms with Crippen LogP contribution in [0.5, 0.6) is 0 Å². The number of aromatic nitrogens is 3. The van der Waals surface area contributed by atoms with Crippen LogP contribution in [0.2, 0.25) is 0 Å². The van der Waals surface area contributed by atoms with Crippen molar-refractivity contribution in [2.75, 3.05) is 29.0 Å². The van der Waals surface area contributed by atoms with Crippen LogP contribution in [0.1, 0.15) is 25.0 Å². The van der Waals surface area contributed by atoms with E-state index in [9.17, 15) is 0 Å². The second kappa shape index (κ2) is 6.55. The molecule has 0 atom stereocenters. The van der Waals surface area contributed by atoms with E-state index in [1.807, 2.05) is 25.1 Å². The summed E-state index contributed by atoms with van der Waals surface area (Å²) in [6, 6.07) is 10.1. The van der Waals surface area contributed by atoms with E-state index < -0.39 is 0 Å². The summed E-state index contributed by atoms with van der Waals surface area (Å²) < 4.78 is 0. The first-order valence-electron chi connectivity index (χ1n) is 8.71. The summed E-state index contributed by atoms with van der Waals surface area (Å²) in [4.78, 5) is 15.7. The summed E-state index contributed by atoms with van der Waals surface area (Å²) in [5.74, 6) is 1.45. The molecule has 0 amide bonds. The van der Waals surface area contributed by atoms with Crippen molar-refractivity contribution < 1.29 is 0 Å². The molecule has 1 aliphatic rings. The minimum Gasteiger partial charge on any atom is -0.393 e. The van der Waals surface area contributed by atoms with E-state index in [4.69, 9.17) is 5.73 Å². The maximum absolute atomic E-state index is 6.39. The maximum Gasteiger partial charge on any atom is 0.159 e. The molecule has 1 saturated heterocycles. The molecule has 0 bridgehead atoms. The van der Waals surface area contributed by atoms with Crippen LogP contribution in [0.25, 0.3) is 10.9 Å². The summed E-state index contributed by atoms with van der Waals surface area (Å²) in [6.45, 7) is 3.98. The Morgan fingerprint density at radius 3 is 2.72 bits per heavy atom. The fourth-order valence-corrected chi connectivity index (χ4v) is 3.32. The van der Waals surface area contributed by atoms with E-state index in [-0.39, 0.29) is 0 Å². The molecule has 128 valence electrons. The van der Waals surface area contributed by atoms with Crippen molar-refractivity contribution in [3.8, 4) is 0 Å². The fourth-order valence-electron chi connectivity index (χ4n) is 3.32. The zero-order chi connectivity index (χ0) is 17.2. The largest absolute Gasteiger partial charge is 0.393 e. The Morgan fingerprint density at radius 2 is 1.88 bits per heavy atom. The molecule has 3 aromatic rings. The third-order valence-electron chi connectivity index (χ3n) is 4.63. The number of hydrogen-bond donors (Lipinski definition) is 2.